The molecule has 0 aliphatic carbocycles. The lowest BCUT2D eigenvalue weighted by Crippen LogP contribution is -2.41. The van der Waals surface area contributed by atoms with E-state index in [2.05, 4.69) is 0 Å². The number of likely N-dealkylation sites (tertiary alicyclic amines) is 1. The molecule has 1 aromatic carbocycles. The number of rotatable bonds is 4. The van der Waals surface area contributed by atoms with Crippen molar-refractivity contribution in [3.63, 3.8) is 0 Å². The molecule has 0 radical (unpaired) electrons. The summed E-state index contributed by atoms with van der Waals surface area (Å²) in [5.41, 5.74) is 0.201. The van der Waals surface area contributed by atoms with Crippen molar-refractivity contribution in [2.75, 3.05) is 37.3 Å². The van der Waals surface area contributed by atoms with Crippen LogP contribution in [0, 0.1) is 16.0 Å². The zero-order chi connectivity index (χ0) is 18.9. The molecule has 0 bridgehead atoms. The molecule has 2 aliphatic rings. The number of hydrogen-bond donors (Lipinski definition) is 0. The Labute approximate surface area is 152 Å². The quantitative estimate of drug-likeness (QED) is 0.583. The van der Waals surface area contributed by atoms with Gasteiger partial charge in [-0.2, -0.15) is 0 Å². The van der Waals surface area contributed by atoms with Crippen LogP contribution in [0.3, 0.4) is 0 Å². The maximum atomic E-state index is 12.5. The maximum Gasteiger partial charge on any atom is 0.293 e. The lowest BCUT2D eigenvalue weighted by molar-refractivity contribution is -0.384. The standard InChI is InChI=1S/C17H23N3O5S/c1-26(24,25)14-4-5-15(16(12-14)20(22)23)18-10-6-13(7-11-18)17(21)19-8-2-3-9-19/h4-5,12-13H,2-3,6-11H2,1H3. The second-order valence-corrected chi connectivity index (χ2v) is 8.99. The minimum Gasteiger partial charge on any atom is -0.366 e. The van der Waals surface area contributed by atoms with Crippen LogP contribution in [0.15, 0.2) is 23.1 Å². The highest BCUT2D eigenvalue weighted by molar-refractivity contribution is 7.90. The van der Waals surface area contributed by atoms with Crippen molar-refractivity contribution in [3.05, 3.63) is 28.3 Å². The van der Waals surface area contributed by atoms with Crippen LogP contribution in [0.2, 0.25) is 0 Å². The second kappa shape index (κ2) is 7.22. The van der Waals surface area contributed by atoms with Gasteiger partial charge < -0.3 is 9.80 Å². The number of benzene rings is 1. The molecule has 8 nitrogen and oxygen atoms in total. The fraction of sp³-hybridized carbons (Fsp3) is 0.588. The third-order valence-electron chi connectivity index (χ3n) is 5.17. The third-order valence-corrected chi connectivity index (χ3v) is 6.28. The summed E-state index contributed by atoms with van der Waals surface area (Å²) in [5.74, 6) is 0.169. The van der Waals surface area contributed by atoms with Crippen LogP contribution < -0.4 is 4.90 Å². The first kappa shape index (κ1) is 18.6. The molecule has 2 fully saturated rings. The highest BCUT2D eigenvalue weighted by Gasteiger charge is 2.32. The monoisotopic (exact) mass is 381 g/mol. The molecule has 0 N–H and O–H groups in total. The maximum absolute atomic E-state index is 12.5. The topological polar surface area (TPSA) is 101 Å². The number of carbonyl (C=O) groups excluding carboxylic acids is 1. The molecule has 1 amide bonds. The first-order valence-electron chi connectivity index (χ1n) is 8.79. The summed E-state index contributed by atoms with van der Waals surface area (Å²) in [6.07, 6.45) is 4.45. The Morgan fingerprint density at radius 3 is 2.31 bits per heavy atom. The Bertz CT molecular complexity index is 810. The van der Waals surface area contributed by atoms with Crippen molar-refractivity contribution in [2.24, 2.45) is 5.92 Å². The zero-order valence-corrected chi connectivity index (χ0v) is 15.6. The van der Waals surface area contributed by atoms with Gasteiger partial charge in [-0.3, -0.25) is 14.9 Å². The van der Waals surface area contributed by atoms with Gasteiger partial charge in [-0.25, -0.2) is 8.42 Å². The highest BCUT2D eigenvalue weighted by Crippen LogP contribution is 2.34. The average molecular weight is 381 g/mol. The molecule has 2 saturated heterocycles. The summed E-state index contributed by atoms with van der Waals surface area (Å²) < 4.78 is 23.3. The third kappa shape index (κ3) is 3.82. The van der Waals surface area contributed by atoms with E-state index in [0.717, 1.165) is 38.3 Å². The summed E-state index contributed by atoms with van der Waals surface area (Å²) >= 11 is 0. The van der Waals surface area contributed by atoms with Crippen molar-refractivity contribution in [1.29, 1.82) is 0 Å². The van der Waals surface area contributed by atoms with Crippen molar-refractivity contribution < 1.29 is 18.1 Å². The molecular weight excluding hydrogens is 358 g/mol. The van der Waals surface area contributed by atoms with Gasteiger partial charge in [-0.05, 0) is 37.8 Å². The lowest BCUT2D eigenvalue weighted by atomic mass is 9.95. The van der Waals surface area contributed by atoms with Gasteiger partial charge >= 0.3 is 0 Å². The smallest absolute Gasteiger partial charge is 0.293 e. The Morgan fingerprint density at radius 2 is 1.77 bits per heavy atom. The van der Waals surface area contributed by atoms with Crippen molar-refractivity contribution in [3.8, 4) is 0 Å². The van der Waals surface area contributed by atoms with Crippen LogP contribution in [0.25, 0.3) is 0 Å². The number of nitro groups is 1. The molecule has 2 aliphatic heterocycles. The molecule has 1 aromatic rings. The Morgan fingerprint density at radius 1 is 1.15 bits per heavy atom. The van der Waals surface area contributed by atoms with Gasteiger partial charge in [-0.1, -0.05) is 0 Å². The number of nitro benzene ring substituents is 1. The van der Waals surface area contributed by atoms with E-state index in [1.54, 1.807) is 0 Å². The van der Waals surface area contributed by atoms with Crippen LogP contribution in [-0.2, 0) is 14.6 Å². The molecule has 9 heteroatoms. The van der Waals surface area contributed by atoms with E-state index in [9.17, 15) is 23.3 Å². The molecule has 0 unspecified atom stereocenters. The van der Waals surface area contributed by atoms with Crippen molar-refractivity contribution >= 4 is 27.1 Å². The number of piperidine rings is 1. The average Bonchev–Trinajstić information content (AvgIpc) is 3.14. The van der Waals surface area contributed by atoms with E-state index in [0.29, 0.717) is 31.6 Å². The van der Waals surface area contributed by atoms with Crippen LogP contribution >= 0.6 is 0 Å². The fourth-order valence-electron chi connectivity index (χ4n) is 3.71. The zero-order valence-electron chi connectivity index (χ0n) is 14.8. The van der Waals surface area contributed by atoms with E-state index in [4.69, 9.17) is 0 Å². The molecule has 3 rings (SSSR count). The van der Waals surface area contributed by atoms with Gasteiger partial charge in [0.2, 0.25) is 5.91 Å². The minimum atomic E-state index is -3.51. The molecule has 0 spiro atoms. The van der Waals surface area contributed by atoms with Crippen LogP contribution in [0.5, 0.6) is 0 Å². The largest absolute Gasteiger partial charge is 0.366 e. The molecule has 0 atom stereocenters. The second-order valence-electron chi connectivity index (χ2n) is 6.97. The van der Waals surface area contributed by atoms with E-state index in [1.807, 2.05) is 9.80 Å². The summed E-state index contributed by atoms with van der Waals surface area (Å²) in [4.78, 5) is 27.1. The Hall–Kier alpha value is -2.16. The SMILES string of the molecule is CS(=O)(=O)c1ccc(N2CCC(C(=O)N3CCCC3)CC2)c([N+](=O)[O-])c1. The first-order chi connectivity index (χ1) is 12.3. The molecule has 0 saturated carbocycles. The normalized spacial score (nSPS) is 19.0. The van der Waals surface area contributed by atoms with Gasteiger partial charge in [-0.15, -0.1) is 0 Å². The minimum absolute atomic E-state index is 0.0290. The number of nitrogens with zero attached hydrogens (tertiary/aromatic N) is 3. The summed E-state index contributed by atoms with van der Waals surface area (Å²) in [6, 6.07) is 4.02. The van der Waals surface area contributed by atoms with Crippen molar-refractivity contribution in [2.45, 2.75) is 30.6 Å². The molecule has 0 aromatic heterocycles. The molecule has 2 heterocycles. The number of hydrogen-bond acceptors (Lipinski definition) is 6. The molecular formula is C17H23N3O5S. The molecule has 142 valence electrons. The summed E-state index contributed by atoms with van der Waals surface area (Å²) in [6.45, 7) is 2.75. The van der Waals surface area contributed by atoms with E-state index in [-0.39, 0.29) is 22.4 Å². The fourth-order valence-corrected chi connectivity index (χ4v) is 4.35. The van der Waals surface area contributed by atoms with Crippen LogP contribution in [0.1, 0.15) is 25.7 Å². The predicted molar refractivity (Wildman–Crippen MR) is 97.0 cm³/mol. The van der Waals surface area contributed by atoms with Gasteiger partial charge in [0.15, 0.2) is 9.84 Å². The van der Waals surface area contributed by atoms with Crippen LogP contribution in [-0.4, -0.2) is 56.6 Å². The first-order valence-corrected chi connectivity index (χ1v) is 10.7. The van der Waals surface area contributed by atoms with Gasteiger partial charge in [0, 0.05) is 44.4 Å². The summed E-state index contributed by atoms with van der Waals surface area (Å²) in [5, 5.41) is 11.4. The van der Waals surface area contributed by atoms with Crippen LogP contribution in [0.4, 0.5) is 11.4 Å². The predicted octanol–water partition coefficient (Wildman–Crippen LogP) is 1.84. The number of amides is 1. The van der Waals surface area contributed by atoms with Crippen molar-refractivity contribution in [1.82, 2.24) is 4.90 Å². The van der Waals surface area contributed by atoms with E-state index in [1.165, 1.54) is 12.1 Å². The van der Waals surface area contributed by atoms with Gasteiger partial charge in [0.05, 0.1) is 9.82 Å². The number of sulfone groups is 1. The lowest BCUT2D eigenvalue weighted by Gasteiger charge is -2.34. The molecule has 26 heavy (non-hydrogen) atoms. The van der Waals surface area contributed by atoms with E-state index < -0.39 is 14.8 Å². The number of carbonyl (C=O) groups is 1. The van der Waals surface area contributed by atoms with E-state index >= 15 is 0 Å². The van der Waals surface area contributed by atoms with Gasteiger partial charge in [0.25, 0.3) is 5.69 Å². The summed E-state index contributed by atoms with van der Waals surface area (Å²) in [7, 11) is -3.51. The highest BCUT2D eigenvalue weighted by atomic mass is 32.2. The number of anilines is 1. The van der Waals surface area contributed by atoms with Gasteiger partial charge in [0.1, 0.15) is 5.69 Å². The Kier molecular flexibility index (Phi) is 5.17. The Balaban J connectivity index is 1.74.